The van der Waals surface area contributed by atoms with Crippen molar-refractivity contribution in [1.29, 1.82) is 0 Å². The molecule has 2 aromatic carbocycles. The molecule has 106 valence electrons. The smallest absolute Gasteiger partial charge is 0.314 e. The van der Waals surface area contributed by atoms with E-state index in [9.17, 15) is 9.90 Å². The second-order valence-electron chi connectivity index (χ2n) is 6.01. The Labute approximate surface area is 123 Å². The molecule has 3 heteroatoms. The fourth-order valence-electron chi connectivity index (χ4n) is 3.22. The molecule has 1 saturated carbocycles. The van der Waals surface area contributed by atoms with E-state index in [1.807, 2.05) is 24.3 Å². The van der Waals surface area contributed by atoms with E-state index in [0.717, 1.165) is 36.9 Å². The Morgan fingerprint density at radius 2 is 1.76 bits per heavy atom. The van der Waals surface area contributed by atoms with E-state index in [2.05, 4.69) is 23.5 Å². The lowest BCUT2D eigenvalue weighted by Gasteiger charge is -2.11. The van der Waals surface area contributed by atoms with Gasteiger partial charge < -0.3 is 10.4 Å². The van der Waals surface area contributed by atoms with Gasteiger partial charge in [-0.1, -0.05) is 30.3 Å². The molecule has 1 aliphatic heterocycles. The van der Waals surface area contributed by atoms with Crippen LogP contribution in [0, 0.1) is 0 Å². The fourth-order valence-corrected chi connectivity index (χ4v) is 3.22. The van der Waals surface area contributed by atoms with E-state index in [0.29, 0.717) is 0 Å². The molecule has 0 saturated heterocycles. The Bertz CT molecular complexity index is 714. The maximum absolute atomic E-state index is 11.4. The summed E-state index contributed by atoms with van der Waals surface area (Å²) in [6.45, 7) is 1.01. The van der Waals surface area contributed by atoms with Gasteiger partial charge in [-0.2, -0.15) is 0 Å². The summed E-state index contributed by atoms with van der Waals surface area (Å²) in [4.78, 5) is 11.4. The Balaban J connectivity index is 1.66. The van der Waals surface area contributed by atoms with Crippen LogP contribution in [0.25, 0.3) is 11.1 Å². The van der Waals surface area contributed by atoms with Gasteiger partial charge in [-0.25, -0.2) is 0 Å². The van der Waals surface area contributed by atoms with Gasteiger partial charge in [0.2, 0.25) is 0 Å². The zero-order chi connectivity index (χ0) is 14.4. The van der Waals surface area contributed by atoms with Gasteiger partial charge in [0.25, 0.3) is 0 Å². The molecule has 0 atom stereocenters. The maximum atomic E-state index is 11.4. The first-order chi connectivity index (χ1) is 10.2. The second kappa shape index (κ2) is 4.35. The Morgan fingerprint density at radius 3 is 2.43 bits per heavy atom. The zero-order valence-electron chi connectivity index (χ0n) is 11.7. The van der Waals surface area contributed by atoms with Crippen LogP contribution in [-0.2, 0) is 16.6 Å². The lowest BCUT2D eigenvalue weighted by atomic mass is 9.93. The number of hydrogen-bond donors (Lipinski definition) is 2. The van der Waals surface area contributed by atoms with Crippen molar-refractivity contribution in [3.63, 3.8) is 0 Å². The highest BCUT2D eigenvalue weighted by Crippen LogP contribution is 2.48. The Hall–Kier alpha value is -2.29. The van der Waals surface area contributed by atoms with Crippen LogP contribution in [0.3, 0.4) is 0 Å². The maximum Gasteiger partial charge on any atom is 0.314 e. The van der Waals surface area contributed by atoms with Crippen LogP contribution < -0.4 is 5.32 Å². The predicted octanol–water partition coefficient (Wildman–Crippen LogP) is 3.44. The highest BCUT2D eigenvalue weighted by Gasteiger charge is 2.51. The normalized spacial score (nSPS) is 17.9. The summed E-state index contributed by atoms with van der Waals surface area (Å²) >= 11 is 0. The number of carbonyl (C=O) groups is 1. The number of aliphatic carboxylic acids is 1. The van der Waals surface area contributed by atoms with Crippen LogP contribution >= 0.6 is 0 Å². The van der Waals surface area contributed by atoms with Crippen molar-refractivity contribution in [1.82, 2.24) is 0 Å². The van der Waals surface area contributed by atoms with Crippen LogP contribution in [0.5, 0.6) is 0 Å². The van der Waals surface area contributed by atoms with E-state index in [1.165, 1.54) is 16.8 Å². The molecule has 0 amide bonds. The number of nitrogens with one attached hydrogen (secondary N) is 1. The van der Waals surface area contributed by atoms with Crippen molar-refractivity contribution in [2.24, 2.45) is 0 Å². The third kappa shape index (κ3) is 1.92. The number of fused-ring (bicyclic) bond motifs is 1. The molecule has 1 fully saturated rings. The zero-order valence-corrected chi connectivity index (χ0v) is 11.7. The number of rotatable bonds is 3. The molecule has 0 bridgehead atoms. The molecule has 0 unspecified atom stereocenters. The molecule has 1 aliphatic carbocycles. The first-order valence-corrected chi connectivity index (χ1v) is 7.40. The minimum absolute atomic E-state index is 0.611. The lowest BCUT2D eigenvalue weighted by molar-refractivity contribution is -0.140. The Kier molecular flexibility index (Phi) is 2.58. The molecule has 0 radical (unpaired) electrons. The van der Waals surface area contributed by atoms with Gasteiger partial charge in [0.05, 0.1) is 5.41 Å². The van der Waals surface area contributed by atoms with Gasteiger partial charge in [0.1, 0.15) is 0 Å². The van der Waals surface area contributed by atoms with Crippen molar-refractivity contribution in [2.75, 3.05) is 11.9 Å². The van der Waals surface area contributed by atoms with Gasteiger partial charge in [-0.15, -0.1) is 0 Å². The van der Waals surface area contributed by atoms with E-state index < -0.39 is 11.4 Å². The number of benzene rings is 2. The van der Waals surface area contributed by atoms with Crippen molar-refractivity contribution in [3.05, 3.63) is 53.6 Å². The SMILES string of the molecule is O=C(O)C1(c2ccc(-c3ccc4c(c3)CCN4)cc2)CC1. The number of carboxylic acids is 1. The standard InChI is InChI=1S/C18H17NO2/c20-17(21)18(8-9-18)15-4-1-12(2-5-15)13-3-6-16-14(11-13)7-10-19-16/h1-6,11,19H,7-10H2,(H,20,21). The quantitative estimate of drug-likeness (QED) is 0.905. The fraction of sp³-hybridized carbons (Fsp3) is 0.278. The van der Waals surface area contributed by atoms with Crippen LogP contribution in [0.15, 0.2) is 42.5 Å². The second-order valence-corrected chi connectivity index (χ2v) is 6.01. The van der Waals surface area contributed by atoms with Gasteiger partial charge >= 0.3 is 5.97 Å². The van der Waals surface area contributed by atoms with Crippen molar-refractivity contribution >= 4 is 11.7 Å². The average Bonchev–Trinajstić information content (AvgIpc) is 3.19. The van der Waals surface area contributed by atoms with Crippen LogP contribution in [0.4, 0.5) is 5.69 Å². The van der Waals surface area contributed by atoms with E-state index in [4.69, 9.17) is 0 Å². The van der Waals surface area contributed by atoms with Crippen molar-refractivity contribution in [2.45, 2.75) is 24.7 Å². The van der Waals surface area contributed by atoms with Crippen LogP contribution in [-0.4, -0.2) is 17.6 Å². The first kappa shape index (κ1) is 12.5. The molecule has 2 aromatic rings. The average molecular weight is 279 g/mol. The molecule has 4 rings (SSSR count). The molecule has 2 aliphatic rings. The van der Waals surface area contributed by atoms with Crippen molar-refractivity contribution in [3.8, 4) is 11.1 Å². The molecule has 0 spiro atoms. The number of anilines is 1. The van der Waals surface area contributed by atoms with E-state index >= 15 is 0 Å². The highest BCUT2D eigenvalue weighted by molar-refractivity contribution is 5.85. The summed E-state index contributed by atoms with van der Waals surface area (Å²) in [5.41, 5.74) is 5.26. The summed E-state index contributed by atoms with van der Waals surface area (Å²) in [6, 6.07) is 14.5. The molecular weight excluding hydrogens is 262 g/mol. The van der Waals surface area contributed by atoms with E-state index in [1.54, 1.807) is 0 Å². The van der Waals surface area contributed by atoms with Crippen LogP contribution in [0.1, 0.15) is 24.0 Å². The molecular formula is C18H17NO2. The first-order valence-electron chi connectivity index (χ1n) is 7.40. The van der Waals surface area contributed by atoms with Crippen LogP contribution in [0.2, 0.25) is 0 Å². The Morgan fingerprint density at radius 1 is 1.05 bits per heavy atom. The summed E-state index contributed by atoms with van der Waals surface area (Å²) in [7, 11) is 0. The third-order valence-electron chi connectivity index (χ3n) is 4.75. The highest BCUT2D eigenvalue weighted by atomic mass is 16.4. The summed E-state index contributed by atoms with van der Waals surface area (Å²) in [5, 5.41) is 12.7. The molecule has 2 N–H and O–H groups in total. The minimum atomic E-state index is -0.696. The summed E-state index contributed by atoms with van der Waals surface area (Å²) in [5.74, 6) is -0.696. The number of hydrogen-bond acceptors (Lipinski definition) is 2. The number of carboxylic acid groups (broad SMARTS) is 1. The molecule has 21 heavy (non-hydrogen) atoms. The van der Waals surface area contributed by atoms with Gasteiger partial charge in [0.15, 0.2) is 0 Å². The van der Waals surface area contributed by atoms with Crippen molar-refractivity contribution < 1.29 is 9.90 Å². The largest absolute Gasteiger partial charge is 0.481 e. The summed E-state index contributed by atoms with van der Waals surface area (Å²) in [6.07, 6.45) is 2.59. The van der Waals surface area contributed by atoms with Gasteiger partial charge in [-0.3, -0.25) is 4.79 Å². The lowest BCUT2D eigenvalue weighted by Crippen LogP contribution is -2.19. The van der Waals surface area contributed by atoms with Gasteiger partial charge in [-0.05, 0) is 53.6 Å². The van der Waals surface area contributed by atoms with Gasteiger partial charge in [0, 0.05) is 12.2 Å². The molecule has 3 nitrogen and oxygen atoms in total. The topological polar surface area (TPSA) is 49.3 Å². The minimum Gasteiger partial charge on any atom is -0.481 e. The van der Waals surface area contributed by atoms with E-state index in [-0.39, 0.29) is 0 Å². The molecule has 0 aromatic heterocycles. The predicted molar refractivity (Wildman–Crippen MR) is 82.6 cm³/mol. The summed E-state index contributed by atoms with van der Waals surface area (Å²) < 4.78 is 0. The third-order valence-corrected chi connectivity index (χ3v) is 4.75. The monoisotopic (exact) mass is 279 g/mol. The molecule has 1 heterocycles.